The van der Waals surface area contributed by atoms with E-state index in [1.807, 2.05) is 0 Å². The van der Waals surface area contributed by atoms with Crippen LogP contribution in [0, 0.1) is 11.6 Å². The van der Waals surface area contributed by atoms with Crippen molar-refractivity contribution in [3.8, 4) is 0 Å². The highest BCUT2D eigenvalue weighted by molar-refractivity contribution is 5.79. The number of aliphatic hydroxyl groups excluding tert-OH is 2. The molecule has 7 nitrogen and oxygen atoms in total. The molecule has 0 unspecified atom stereocenters. The van der Waals surface area contributed by atoms with Crippen LogP contribution in [-0.4, -0.2) is 49.2 Å². The summed E-state index contributed by atoms with van der Waals surface area (Å²) in [5.41, 5.74) is 0.0789. The Morgan fingerprint density at radius 3 is 2.46 bits per heavy atom. The zero-order valence-corrected chi connectivity index (χ0v) is 13.4. The van der Waals surface area contributed by atoms with Crippen molar-refractivity contribution in [3.63, 3.8) is 0 Å². The minimum Gasteiger partial charge on any atom is -0.387 e. The molecular formula is C15H19F2N3O4. The van der Waals surface area contributed by atoms with Gasteiger partial charge in [0.25, 0.3) is 5.91 Å². The fourth-order valence-electron chi connectivity index (χ4n) is 2.83. The SMILES string of the molecule is CC(C)Nc1nc2cc(F)c(F)cc2n1[C@@]1(O)O[C@H](C)[C@@H](O)[C@H]1O. The lowest BCUT2D eigenvalue weighted by Crippen LogP contribution is -2.46. The Labute approximate surface area is 136 Å². The number of ether oxygens (including phenoxy) is 1. The van der Waals surface area contributed by atoms with E-state index >= 15 is 0 Å². The topological polar surface area (TPSA) is 99.8 Å². The van der Waals surface area contributed by atoms with Gasteiger partial charge in [-0.2, -0.15) is 0 Å². The van der Waals surface area contributed by atoms with Crippen LogP contribution in [0.2, 0.25) is 0 Å². The molecule has 1 aromatic carbocycles. The van der Waals surface area contributed by atoms with E-state index in [9.17, 15) is 24.1 Å². The van der Waals surface area contributed by atoms with Crippen molar-refractivity contribution < 1.29 is 28.8 Å². The van der Waals surface area contributed by atoms with Crippen LogP contribution >= 0.6 is 0 Å². The van der Waals surface area contributed by atoms with E-state index in [0.717, 1.165) is 16.7 Å². The number of aromatic nitrogens is 2. The molecule has 0 aliphatic carbocycles. The molecule has 4 N–H and O–H groups in total. The largest absolute Gasteiger partial charge is 0.387 e. The van der Waals surface area contributed by atoms with Gasteiger partial charge in [-0.1, -0.05) is 0 Å². The average molecular weight is 343 g/mol. The number of rotatable bonds is 3. The zero-order chi connectivity index (χ0) is 17.8. The molecule has 1 fully saturated rings. The first kappa shape index (κ1) is 17.0. The summed E-state index contributed by atoms with van der Waals surface area (Å²) in [7, 11) is 0. The van der Waals surface area contributed by atoms with E-state index in [1.54, 1.807) is 13.8 Å². The summed E-state index contributed by atoms with van der Waals surface area (Å²) in [5.74, 6) is -4.55. The number of anilines is 1. The van der Waals surface area contributed by atoms with E-state index in [2.05, 4.69) is 10.3 Å². The maximum Gasteiger partial charge on any atom is 0.286 e. The van der Waals surface area contributed by atoms with Crippen LogP contribution in [0.25, 0.3) is 11.0 Å². The van der Waals surface area contributed by atoms with Gasteiger partial charge >= 0.3 is 0 Å². The van der Waals surface area contributed by atoms with E-state index in [0.29, 0.717) is 0 Å². The Bertz CT molecular complexity index is 782. The summed E-state index contributed by atoms with van der Waals surface area (Å²) in [6, 6.07) is 1.61. The third kappa shape index (κ3) is 2.44. The van der Waals surface area contributed by atoms with Crippen LogP contribution in [0.5, 0.6) is 0 Å². The first-order chi connectivity index (χ1) is 11.1. The molecular weight excluding hydrogens is 324 g/mol. The van der Waals surface area contributed by atoms with Crippen molar-refractivity contribution >= 4 is 17.0 Å². The van der Waals surface area contributed by atoms with Crippen molar-refractivity contribution in [2.24, 2.45) is 0 Å². The molecule has 4 atom stereocenters. The third-order valence-corrected chi connectivity index (χ3v) is 3.98. The number of imidazole rings is 1. The molecule has 2 aromatic rings. The normalized spacial score (nSPS) is 30.5. The molecule has 3 rings (SSSR count). The molecule has 0 spiro atoms. The summed E-state index contributed by atoms with van der Waals surface area (Å²) in [6.45, 7) is 5.08. The Kier molecular flexibility index (Phi) is 3.99. The minimum absolute atomic E-state index is 0.0138. The van der Waals surface area contributed by atoms with Gasteiger partial charge in [-0.3, -0.25) is 4.57 Å². The molecule has 0 amide bonds. The highest BCUT2D eigenvalue weighted by Crippen LogP contribution is 2.38. The van der Waals surface area contributed by atoms with Gasteiger partial charge in [-0.05, 0) is 20.8 Å². The first-order valence-electron chi connectivity index (χ1n) is 7.56. The van der Waals surface area contributed by atoms with E-state index in [1.165, 1.54) is 6.92 Å². The number of aliphatic hydroxyl groups is 3. The number of benzene rings is 1. The van der Waals surface area contributed by atoms with Gasteiger partial charge in [0.1, 0.15) is 6.10 Å². The van der Waals surface area contributed by atoms with Crippen LogP contribution in [-0.2, 0) is 10.6 Å². The molecule has 1 saturated heterocycles. The molecule has 1 aliphatic heterocycles. The van der Waals surface area contributed by atoms with E-state index in [-0.39, 0.29) is 23.0 Å². The lowest BCUT2D eigenvalue weighted by Gasteiger charge is -2.30. The predicted molar refractivity (Wildman–Crippen MR) is 81.2 cm³/mol. The summed E-state index contributed by atoms with van der Waals surface area (Å²) in [5, 5.41) is 33.9. The molecule has 1 aromatic heterocycles. The van der Waals surface area contributed by atoms with Crippen LogP contribution in [0.4, 0.5) is 14.7 Å². The summed E-state index contributed by atoms with van der Waals surface area (Å²) in [4.78, 5) is 4.14. The summed E-state index contributed by atoms with van der Waals surface area (Å²) < 4.78 is 33.6. The monoisotopic (exact) mass is 343 g/mol. The van der Waals surface area contributed by atoms with E-state index in [4.69, 9.17) is 4.74 Å². The Hall–Kier alpha value is -1.81. The van der Waals surface area contributed by atoms with Crippen molar-refractivity contribution in [1.29, 1.82) is 0 Å². The Morgan fingerprint density at radius 1 is 1.29 bits per heavy atom. The second-order valence-electron chi connectivity index (χ2n) is 6.24. The maximum absolute atomic E-state index is 13.7. The van der Waals surface area contributed by atoms with Gasteiger partial charge in [-0.15, -0.1) is 0 Å². The van der Waals surface area contributed by atoms with Gasteiger partial charge in [0, 0.05) is 18.2 Å². The number of nitrogens with one attached hydrogen (secondary N) is 1. The van der Waals surface area contributed by atoms with Crippen LogP contribution in [0.1, 0.15) is 20.8 Å². The summed E-state index contributed by atoms with van der Waals surface area (Å²) in [6.07, 6.45) is -3.94. The molecule has 1 aliphatic rings. The van der Waals surface area contributed by atoms with Gasteiger partial charge < -0.3 is 25.4 Å². The molecule has 0 saturated carbocycles. The maximum atomic E-state index is 13.7. The third-order valence-electron chi connectivity index (χ3n) is 3.98. The van der Waals surface area contributed by atoms with Crippen molar-refractivity contribution in [1.82, 2.24) is 9.55 Å². The zero-order valence-electron chi connectivity index (χ0n) is 13.4. The van der Waals surface area contributed by atoms with E-state index < -0.39 is 35.9 Å². The first-order valence-corrected chi connectivity index (χ1v) is 7.56. The number of hydrogen-bond acceptors (Lipinski definition) is 6. The van der Waals surface area contributed by atoms with Crippen molar-refractivity contribution in [3.05, 3.63) is 23.8 Å². The fraction of sp³-hybridized carbons (Fsp3) is 0.533. The molecule has 0 radical (unpaired) electrons. The van der Waals surface area contributed by atoms with Gasteiger partial charge in [-0.25, -0.2) is 13.8 Å². The van der Waals surface area contributed by atoms with Gasteiger partial charge in [0.15, 0.2) is 17.7 Å². The number of halogens is 2. The smallest absolute Gasteiger partial charge is 0.286 e. The molecule has 9 heteroatoms. The Balaban J connectivity index is 2.26. The molecule has 24 heavy (non-hydrogen) atoms. The standard InChI is InChI=1S/C15H19F2N3O4/c1-6(2)18-14-19-10-4-8(16)9(17)5-11(10)20(14)15(23)13(22)12(21)7(3)24-15/h4-7,12-13,21-23H,1-3H3,(H,18,19)/t7-,12-,13-,15+/m1/s1. The van der Waals surface area contributed by atoms with Crippen molar-refractivity contribution in [2.45, 2.75) is 51.0 Å². The average Bonchev–Trinajstić information content (AvgIpc) is 2.90. The van der Waals surface area contributed by atoms with Crippen LogP contribution in [0.3, 0.4) is 0 Å². The highest BCUT2D eigenvalue weighted by Gasteiger charge is 2.55. The lowest BCUT2D eigenvalue weighted by molar-refractivity contribution is -0.282. The molecule has 0 bridgehead atoms. The quantitative estimate of drug-likeness (QED) is 0.660. The predicted octanol–water partition coefficient (Wildman–Crippen LogP) is 0.878. The second kappa shape index (κ2) is 5.62. The molecule has 132 valence electrons. The molecule has 2 heterocycles. The van der Waals surface area contributed by atoms with Gasteiger partial charge in [0.05, 0.1) is 17.1 Å². The number of nitrogens with zero attached hydrogens (tertiary/aromatic N) is 2. The van der Waals surface area contributed by atoms with Crippen LogP contribution < -0.4 is 5.32 Å². The highest BCUT2D eigenvalue weighted by atomic mass is 19.2. The Morgan fingerprint density at radius 2 is 1.92 bits per heavy atom. The number of fused-ring (bicyclic) bond motifs is 1. The van der Waals surface area contributed by atoms with Gasteiger partial charge in [0.2, 0.25) is 5.95 Å². The minimum atomic E-state index is -2.38. The van der Waals surface area contributed by atoms with Crippen molar-refractivity contribution in [2.75, 3.05) is 5.32 Å². The fourth-order valence-corrected chi connectivity index (χ4v) is 2.83. The second-order valence-corrected chi connectivity index (χ2v) is 6.24. The number of hydrogen-bond donors (Lipinski definition) is 4. The van der Waals surface area contributed by atoms with Crippen LogP contribution in [0.15, 0.2) is 12.1 Å². The lowest BCUT2D eigenvalue weighted by atomic mass is 10.1. The summed E-state index contributed by atoms with van der Waals surface area (Å²) >= 11 is 0.